The number of hydrogen-bond acceptors (Lipinski definition) is 7. The van der Waals surface area contributed by atoms with E-state index in [4.69, 9.17) is 25.8 Å². The van der Waals surface area contributed by atoms with Gasteiger partial charge in [-0.15, -0.1) is 0 Å². The van der Waals surface area contributed by atoms with Gasteiger partial charge in [0.15, 0.2) is 5.60 Å². The zero-order valence-corrected chi connectivity index (χ0v) is 22.6. The van der Waals surface area contributed by atoms with E-state index in [1.807, 2.05) is 6.92 Å². The number of fused-ring (bicyclic) bond motifs is 1. The van der Waals surface area contributed by atoms with Crippen molar-refractivity contribution in [1.29, 1.82) is 0 Å². The first-order valence-electron chi connectivity index (χ1n) is 11.8. The Morgan fingerprint density at radius 1 is 1.33 bits per heavy atom. The highest BCUT2D eigenvalue weighted by atomic mass is 35.5. The van der Waals surface area contributed by atoms with Crippen LogP contribution in [0.4, 0.5) is 13.2 Å². The minimum absolute atomic E-state index is 0.169. The SMILES string of the molecule is C=N/C(=C\C=C(/C)C(O)(c1ccc2nc(OC)c(OCC3(C)COC3)c(Cl)c2c1)c1cncn1C)C(F)(F)F. The molecule has 0 radical (unpaired) electrons. The van der Waals surface area contributed by atoms with Gasteiger partial charge in [-0.1, -0.05) is 30.7 Å². The van der Waals surface area contributed by atoms with Gasteiger partial charge >= 0.3 is 6.18 Å². The zero-order valence-electron chi connectivity index (χ0n) is 21.8. The molecule has 0 spiro atoms. The highest BCUT2D eigenvalue weighted by Gasteiger charge is 2.38. The summed E-state index contributed by atoms with van der Waals surface area (Å²) in [6, 6.07) is 4.87. The molecule has 3 aromatic rings. The maximum absolute atomic E-state index is 13.3. The largest absolute Gasteiger partial charge is 0.486 e. The molecule has 1 aliphatic heterocycles. The molecule has 0 bridgehead atoms. The van der Waals surface area contributed by atoms with Crippen molar-refractivity contribution >= 4 is 29.2 Å². The fourth-order valence-electron chi connectivity index (χ4n) is 4.30. The summed E-state index contributed by atoms with van der Waals surface area (Å²) in [7, 11) is 3.12. The summed E-state index contributed by atoms with van der Waals surface area (Å²) in [5, 5.41) is 12.8. The number of pyridine rings is 1. The van der Waals surface area contributed by atoms with Gasteiger partial charge < -0.3 is 23.9 Å². The van der Waals surface area contributed by atoms with E-state index in [1.165, 1.54) is 26.6 Å². The molecule has 8 nitrogen and oxygen atoms in total. The van der Waals surface area contributed by atoms with Crippen molar-refractivity contribution in [3.63, 3.8) is 0 Å². The van der Waals surface area contributed by atoms with Gasteiger partial charge in [-0.3, -0.25) is 4.99 Å². The predicted molar refractivity (Wildman–Crippen MR) is 141 cm³/mol. The van der Waals surface area contributed by atoms with Crippen molar-refractivity contribution in [2.24, 2.45) is 17.5 Å². The smallest absolute Gasteiger partial charge is 0.433 e. The highest BCUT2D eigenvalue weighted by molar-refractivity contribution is 6.37. The van der Waals surface area contributed by atoms with Crippen LogP contribution in [0.3, 0.4) is 0 Å². The number of ether oxygens (including phenoxy) is 3. The molecule has 1 fully saturated rings. The maximum Gasteiger partial charge on any atom is 0.433 e. The quantitative estimate of drug-likeness (QED) is 0.277. The van der Waals surface area contributed by atoms with Crippen molar-refractivity contribution in [2.45, 2.75) is 25.6 Å². The Labute approximate surface area is 228 Å². The van der Waals surface area contributed by atoms with Gasteiger partial charge in [0.25, 0.3) is 5.88 Å². The second-order valence-corrected chi connectivity index (χ2v) is 10.1. The van der Waals surface area contributed by atoms with E-state index < -0.39 is 17.5 Å². The summed E-state index contributed by atoms with van der Waals surface area (Å²) >= 11 is 6.80. The molecule has 1 aliphatic rings. The molecule has 4 rings (SSSR count). The second-order valence-electron chi connectivity index (χ2n) is 9.75. The molecule has 1 atom stereocenters. The first kappa shape index (κ1) is 28.6. The van der Waals surface area contributed by atoms with E-state index in [0.717, 1.165) is 12.2 Å². The Hall–Kier alpha value is -3.41. The molecular weight excluding hydrogens is 537 g/mol. The first-order chi connectivity index (χ1) is 18.3. The van der Waals surface area contributed by atoms with E-state index in [0.29, 0.717) is 42.0 Å². The summed E-state index contributed by atoms with van der Waals surface area (Å²) < 4.78 is 58.1. The Kier molecular flexibility index (Phi) is 7.79. The molecule has 1 unspecified atom stereocenters. The minimum atomic E-state index is -4.70. The van der Waals surface area contributed by atoms with Gasteiger partial charge in [-0.2, -0.15) is 13.2 Å². The monoisotopic (exact) mass is 564 g/mol. The number of alkyl halides is 3. The topological polar surface area (TPSA) is 91.0 Å². The molecule has 1 aromatic carbocycles. The molecule has 2 aromatic heterocycles. The highest BCUT2D eigenvalue weighted by Crippen LogP contribution is 2.43. The molecule has 0 amide bonds. The van der Waals surface area contributed by atoms with Gasteiger partial charge in [0.1, 0.15) is 5.70 Å². The number of aryl methyl sites for hydroxylation is 1. The van der Waals surface area contributed by atoms with Crippen molar-refractivity contribution in [3.8, 4) is 11.6 Å². The number of halogens is 4. The lowest BCUT2D eigenvalue weighted by atomic mass is 9.83. The van der Waals surface area contributed by atoms with Gasteiger partial charge in [0.2, 0.25) is 5.75 Å². The minimum Gasteiger partial charge on any atom is -0.486 e. The third-order valence-corrected chi connectivity index (χ3v) is 7.01. The van der Waals surface area contributed by atoms with Crippen molar-refractivity contribution in [3.05, 3.63) is 70.4 Å². The van der Waals surface area contributed by atoms with Crippen LogP contribution in [0.25, 0.3) is 10.9 Å². The van der Waals surface area contributed by atoms with Crippen LogP contribution < -0.4 is 9.47 Å². The molecule has 208 valence electrons. The van der Waals surface area contributed by atoms with Crippen molar-refractivity contribution in [2.75, 3.05) is 26.9 Å². The number of aliphatic hydroxyl groups is 1. The number of rotatable bonds is 9. The lowest BCUT2D eigenvalue weighted by Gasteiger charge is -2.37. The Morgan fingerprint density at radius 2 is 2.05 bits per heavy atom. The normalized spacial score (nSPS) is 17.5. The summed E-state index contributed by atoms with van der Waals surface area (Å²) in [5.41, 5.74) is -1.99. The van der Waals surface area contributed by atoms with Crippen LogP contribution in [-0.2, 0) is 17.4 Å². The van der Waals surface area contributed by atoms with Crippen LogP contribution in [0.1, 0.15) is 25.1 Å². The van der Waals surface area contributed by atoms with E-state index in [1.54, 1.807) is 29.8 Å². The summed E-state index contributed by atoms with van der Waals surface area (Å²) in [6.07, 6.45) is 0.126. The number of nitrogens with zero attached hydrogens (tertiary/aromatic N) is 4. The zero-order chi connectivity index (χ0) is 28.6. The average Bonchev–Trinajstić information content (AvgIpc) is 3.31. The second kappa shape index (κ2) is 10.6. The molecule has 39 heavy (non-hydrogen) atoms. The number of hydrogen-bond donors (Lipinski definition) is 1. The standard InChI is InChI=1S/C27H28ClF3N4O4/c1-16(6-9-20(32-3)27(29,30)31)26(36,21-11-33-15-35(21)4)17-7-8-19-18(10-17)22(28)23(24(34-19)37-5)39-14-25(2)12-38-13-25/h6-11,15,36H,3,12-14H2,1-2,4-5H3/b16-6+,20-9-. The Morgan fingerprint density at radius 3 is 2.59 bits per heavy atom. The van der Waals surface area contributed by atoms with Crippen LogP contribution in [0.5, 0.6) is 11.6 Å². The summed E-state index contributed by atoms with van der Waals surface area (Å²) in [4.78, 5) is 11.7. The number of imidazole rings is 1. The van der Waals surface area contributed by atoms with Crippen LogP contribution >= 0.6 is 11.6 Å². The Bertz CT molecular complexity index is 1460. The number of allylic oxidation sites excluding steroid dienone is 3. The molecule has 1 N–H and O–H groups in total. The van der Waals surface area contributed by atoms with Gasteiger partial charge in [-0.25, -0.2) is 9.97 Å². The molecule has 0 aliphatic carbocycles. The third kappa shape index (κ3) is 5.39. The average molecular weight is 565 g/mol. The Balaban J connectivity index is 1.87. The van der Waals surface area contributed by atoms with E-state index >= 15 is 0 Å². The number of aliphatic imine (C=N–C) groups is 1. The molecule has 0 saturated carbocycles. The first-order valence-corrected chi connectivity index (χ1v) is 12.2. The summed E-state index contributed by atoms with van der Waals surface area (Å²) in [5.74, 6) is 0.437. The van der Waals surface area contributed by atoms with Crippen molar-refractivity contribution < 1.29 is 32.5 Å². The summed E-state index contributed by atoms with van der Waals surface area (Å²) in [6.45, 7) is 7.95. The van der Waals surface area contributed by atoms with Crippen LogP contribution in [0, 0.1) is 5.41 Å². The van der Waals surface area contributed by atoms with E-state index in [-0.39, 0.29) is 27.6 Å². The number of aromatic nitrogens is 3. The molecule has 12 heteroatoms. The lowest BCUT2D eigenvalue weighted by molar-refractivity contribution is -0.120. The van der Waals surface area contributed by atoms with Crippen LogP contribution in [0.2, 0.25) is 5.02 Å². The predicted octanol–water partition coefficient (Wildman–Crippen LogP) is 5.37. The van der Waals surface area contributed by atoms with E-state index in [9.17, 15) is 18.3 Å². The van der Waals surface area contributed by atoms with E-state index in [2.05, 4.69) is 21.7 Å². The van der Waals surface area contributed by atoms with Crippen LogP contribution in [0.15, 0.2) is 59.1 Å². The molecule has 3 heterocycles. The van der Waals surface area contributed by atoms with Crippen molar-refractivity contribution in [1.82, 2.24) is 14.5 Å². The third-order valence-electron chi connectivity index (χ3n) is 6.64. The van der Waals surface area contributed by atoms with Gasteiger partial charge in [0.05, 0.1) is 55.7 Å². The molecular formula is C27H28ClF3N4O4. The van der Waals surface area contributed by atoms with Crippen LogP contribution in [-0.4, -0.2) is 59.5 Å². The van der Waals surface area contributed by atoms with Gasteiger partial charge in [-0.05, 0) is 43.0 Å². The number of methoxy groups -OCH3 is 1. The van der Waals surface area contributed by atoms with Gasteiger partial charge in [0, 0.05) is 17.8 Å². The maximum atomic E-state index is 13.3. The number of benzene rings is 1. The fraction of sp³-hybridized carbons (Fsp3) is 0.370. The molecule has 1 saturated heterocycles. The lowest BCUT2D eigenvalue weighted by Crippen LogP contribution is -2.44. The fourth-order valence-corrected chi connectivity index (χ4v) is 4.59.